The van der Waals surface area contributed by atoms with Crippen LogP contribution in [-0.2, 0) is 36.9 Å². The van der Waals surface area contributed by atoms with Gasteiger partial charge in [-0.15, -0.1) is 0 Å². The fraction of sp³-hybridized carbons (Fsp3) is 0.500. The number of imidazole rings is 1. The van der Waals surface area contributed by atoms with Crippen LogP contribution in [0.1, 0.15) is 48.7 Å². The molecule has 1 aromatic carbocycles. The summed E-state index contributed by atoms with van der Waals surface area (Å²) in [5.41, 5.74) is 8.94. The van der Waals surface area contributed by atoms with E-state index >= 15 is 0 Å². The highest BCUT2D eigenvalue weighted by Gasteiger charge is 2.49. The molecule has 3 N–H and O–H groups in total. The van der Waals surface area contributed by atoms with Gasteiger partial charge < -0.3 is 24.2 Å². The van der Waals surface area contributed by atoms with Gasteiger partial charge in [0.25, 0.3) is 0 Å². The van der Waals surface area contributed by atoms with Crippen molar-refractivity contribution < 1.29 is 18.7 Å². The fourth-order valence-electron chi connectivity index (χ4n) is 5.53. The lowest BCUT2D eigenvalue weighted by Crippen LogP contribution is -2.57. The molecule has 0 radical (unpaired) electrons. The average Bonchev–Trinajstić information content (AvgIpc) is 3.51. The Morgan fingerprint density at radius 2 is 2.00 bits per heavy atom. The molecular weight excluding hydrogens is 448 g/mol. The molecule has 5 rings (SSSR count). The number of fused-ring (bicyclic) bond motifs is 3. The first-order valence-corrected chi connectivity index (χ1v) is 12.3. The van der Waals surface area contributed by atoms with Crippen LogP contribution in [0.3, 0.4) is 0 Å². The summed E-state index contributed by atoms with van der Waals surface area (Å²) in [5.74, 6) is -0.855. The third-order valence-electron chi connectivity index (χ3n) is 7.29. The highest BCUT2D eigenvalue weighted by molar-refractivity contribution is 5.80. The lowest BCUT2D eigenvalue weighted by molar-refractivity contribution is -0.151. The minimum Gasteiger partial charge on any atom is -0.480 e. The second-order valence-corrected chi connectivity index (χ2v) is 10.2. The maximum atomic E-state index is 13.1. The van der Waals surface area contributed by atoms with Crippen molar-refractivity contribution >= 4 is 5.97 Å². The molecule has 1 fully saturated rings. The van der Waals surface area contributed by atoms with Gasteiger partial charge in [0.15, 0.2) is 5.76 Å². The van der Waals surface area contributed by atoms with Crippen LogP contribution in [0, 0.1) is 5.92 Å². The zero-order valence-electron chi connectivity index (χ0n) is 20.2. The lowest BCUT2D eigenvalue weighted by Gasteiger charge is -2.38. The molecule has 0 aliphatic carbocycles. The van der Waals surface area contributed by atoms with Gasteiger partial charge >= 0.3 is 11.8 Å². The normalized spacial score (nSPS) is 19.5. The summed E-state index contributed by atoms with van der Waals surface area (Å²) in [6, 6.07) is 8.09. The summed E-state index contributed by atoms with van der Waals surface area (Å²) in [4.78, 5) is 31.7. The zero-order valence-corrected chi connectivity index (χ0v) is 20.2. The van der Waals surface area contributed by atoms with Gasteiger partial charge in [-0.05, 0) is 36.8 Å². The maximum absolute atomic E-state index is 13.1. The van der Waals surface area contributed by atoms with E-state index < -0.39 is 17.3 Å². The van der Waals surface area contributed by atoms with E-state index in [1.165, 1.54) is 5.56 Å². The van der Waals surface area contributed by atoms with Crippen LogP contribution in [0.5, 0.6) is 0 Å². The Morgan fingerprint density at radius 3 is 2.71 bits per heavy atom. The number of likely N-dealkylation sites (tertiary alicyclic amines) is 1. The number of nitrogens with two attached hydrogens (primary N) is 1. The number of aryl methyl sites for hydroxylation is 1. The molecule has 2 aliphatic heterocycles. The van der Waals surface area contributed by atoms with Crippen LogP contribution in [-0.4, -0.2) is 50.2 Å². The Kier molecular flexibility index (Phi) is 6.14. The van der Waals surface area contributed by atoms with Crippen LogP contribution in [0.2, 0.25) is 0 Å². The van der Waals surface area contributed by atoms with E-state index in [1.807, 2.05) is 30.9 Å². The first-order valence-electron chi connectivity index (χ1n) is 12.3. The standard InChI is InChI=1S/C26H32N4O5/c1-16(2)11-22-23(35-25(33)34-22)13-26(24(31)32,29-10-9-18(27)14-29)12-19-21-8-7-17-5-3-4-6-20(17)30(21)15-28-19/h3-6,15-16,18H,7-14,27H2,1-2H3,(H,31,32)/t18-,26-/m0/s1. The third kappa shape index (κ3) is 4.34. The van der Waals surface area contributed by atoms with E-state index in [9.17, 15) is 14.7 Å². The lowest BCUT2D eigenvalue weighted by atomic mass is 9.84. The van der Waals surface area contributed by atoms with E-state index in [0.29, 0.717) is 37.5 Å². The van der Waals surface area contributed by atoms with Gasteiger partial charge in [0, 0.05) is 49.8 Å². The van der Waals surface area contributed by atoms with Gasteiger partial charge in [0.2, 0.25) is 0 Å². The molecule has 0 bridgehead atoms. The molecule has 2 aromatic heterocycles. The predicted octanol–water partition coefficient (Wildman–Crippen LogP) is 2.36. The number of aliphatic carboxylic acids is 1. The molecule has 2 atom stereocenters. The molecule has 3 aromatic rings. The topological polar surface area (TPSA) is 128 Å². The molecule has 35 heavy (non-hydrogen) atoms. The maximum Gasteiger partial charge on any atom is 0.519 e. The van der Waals surface area contributed by atoms with Gasteiger partial charge in [-0.25, -0.2) is 9.78 Å². The van der Waals surface area contributed by atoms with Crippen LogP contribution in [0.15, 0.2) is 44.2 Å². The second kappa shape index (κ2) is 9.13. The van der Waals surface area contributed by atoms with Crippen molar-refractivity contribution in [3.05, 3.63) is 69.7 Å². The number of rotatable bonds is 8. The predicted molar refractivity (Wildman–Crippen MR) is 129 cm³/mol. The highest BCUT2D eigenvalue weighted by Crippen LogP contribution is 2.34. The molecule has 2 aliphatic rings. The molecule has 9 heteroatoms. The minimum absolute atomic E-state index is 0.00569. The van der Waals surface area contributed by atoms with E-state index in [4.69, 9.17) is 19.6 Å². The monoisotopic (exact) mass is 480 g/mol. The molecule has 0 amide bonds. The number of nitrogens with zero attached hydrogens (tertiary/aromatic N) is 3. The van der Waals surface area contributed by atoms with E-state index in [-0.39, 0.29) is 24.8 Å². The molecule has 0 spiro atoms. The highest BCUT2D eigenvalue weighted by atomic mass is 16.6. The number of para-hydroxylation sites is 1. The Hall–Kier alpha value is -3.17. The fourth-order valence-corrected chi connectivity index (χ4v) is 5.53. The van der Waals surface area contributed by atoms with Crippen LogP contribution >= 0.6 is 0 Å². The number of aromatic nitrogens is 2. The summed E-state index contributed by atoms with van der Waals surface area (Å²) in [6.45, 7) is 5.02. The van der Waals surface area contributed by atoms with Gasteiger partial charge in [-0.1, -0.05) is 32.0 Å². The van der Waals surface area contributed by atoms with Crippen molar-refractivity contribution in [1.29, 1.82) is 0 Å². The van der Waals surface area contributed by atoms with Crippen LogP contribution in [0.4, 0.5) is 0 Å². The molecule has 0 saturated carbocycles. The summed E-state index contributed by atoms with van der Waals surface area (Å²) < 4.78 is 12.8. The molecule has 186 valence electrons. The van der Waals surface area contributed by atoms with Gasteiger partial charge in [-0.3, -0.25) is 9.69 Å². The average molecular weight is 481 g/mol. The number of carboxylic acids is 1. The van der Waals surface area contributed by atoms with E-state index in [1.54, 1.807) is 6.33 Å². The minimum atomic E-state index is -1.37. The number of hydrogen-bond donors (Lipinski definition) is 2. The first-order chi connectivity index (χ1) is 16.8. The first kappa shape index (κ1) is 23.6. The number of carbonyl (C=O) groups is 1. The molecule has 0 unspecified atom stereocenters. The second-order valence-electron chi connectivity index (χ2n) is 10.2. The molecule has 1 saturated heterocycles. The van der Waals surface area contributed by atoms with E-state index in [2.05, 4.69) is 16.7 Å². The van der Waals surface area contributed by atoms with Crippen LogP contribution < -0.4 is 11.6 Å². The quantitative estimate of drug-likeness (QED) is 0.503. The smallest absolute Gasteiger partial charge is 0.480 e. The summed E-state index contributed by atoms with van der Waals surface area (Å²) in [6.07, 6.45) is 4.82. The van der Waals surface area contributed by atoms with E-state index in [0.717, 1.165) is 29.9 Å². The van der Waals surface area contributed by atoms with Gasteiger partial charge in [0.05, 0.1) is 12.0 Å². The van der Waals surface area contributed by atoms with Crippen molar-refractivity contribution in [2.75, 3.05) is 13.1 Å². The largest absolute Gasteiger partial charge is 0.519 e. The van der Waals surface area contributed by atoms with Gasteiger partial charge in [0.1, 0.15) is 11.3 Å². The Bertz CT molecular complexity index is 1290. The van der Waals surface area contributed by atoms with Crippen molar-refractivity contribution in [3.63, 3.8) is 0 Å². The third-order valence-corrected chi connectivity index (χ3v) is 7.29. The Balaban J connectivity index is 1.57. The number of carboxylic acid groups (broad SMARTS) is 1. The summed E-state index contributed by atoms with van der Waals surface area (Å²) in [5, 5.41) is 10.7. The zero-order chi connectivity index (χ0) is 24.7. The summed E-state index contributed by atoms with van der Waals surface area (Å²) in [7, 11) is 0. The molecular formula is C26H32N4O5. The number of hydrogen-bond acceptors (Lipinski definition) is 7. The molecule has 4 heterocycles. The van der Waals surface area contributed by atoms with Crippen molar-refractivity contribution in [2.24, 2.45) is 11.7 Å². The number of benzene rings is 1. The summed E-state index contributed by atoms with van der Waals surface area (Å²) >= 11 is 0. The van der Waals surface area contributed by atoms with Crippen molar-refractivity contribution in [1.82, 2.24) is 14.5 Å². The van der Waals surface area contributed by atoms with Crippen LogP contribution in [0.25, 0.3) is 5.69 Å². The molecule has 9 nitrogen and oxygen atoms in total. The SMILES string of the molecule is CC(C)Cc1oc(=O)oc1C[C@@](Cc1ncn2c1CCc1ccccc1-2)(C(=O)O)N1CC[C@H](N)C1. The Labute approximate surface area is 203 Å². The Morgan fingerprint density at radius 1 is 1.23 bits per heavy atom. The van der Waals surface area contributed by atoms with Crippen molar-refractivity contribution in [2.45, 2.75) is 64.0 Å². The van der Waals surface area contributed by atoms with Crippen molar-refractivity contribution in [3.8, 4) is 5.69 Å². The van der Waals surface area contributed by atoms with Gasteiger partial charge in [-0.2, -0.15) is 0 Å².